The molecule has 0 spiro atoms. The number of rotatable bonds is 4. The highest BCUT2D eigenvalue weighted by molar-refractivity contribution is 7.80. The van der Waals surface area contributed by atoms with E-state index in [0.717, 1.165) is 24.4 Å². The Morgan fingerprint density at radius 1 is 1.26 bits per heavy atom. The molecule has 0 amide bonds. The fraction of sp³-hybridized carbons (Fsp3) is 0.533. The molecular weight excluding hydrogens is 256 g/mol. The van der Waals surface area contributed by atoms with E-state index in [1.165, 1.54) is 25.7 Å². The third kappa shape index (κ3) is 3.67. The first-order chi connectivity index (χ1) is 9.22. The van der Waals surface area contributed by atoms with Crippen LogP contribution in [0.2, 0.25) is 0 Å². The number of ether oxygens (including phenoxy) is 1. The molecule has 0 saturated carbocycles. The van der Waals surface area contributed by atoms with Crippen LogP contribution in [0.5, 0.6) is 5.75 Å². The summed E-state index contributed by atoms with van der Waals surface area (Å²) in [5.74, 6) is 0.855. The first-order valence-electron chi connectivity index (χ1n) is 6.89. The Labute approximate surface area is 120 Å². The van der Waals surface area contributed by atoms with E-state index in [4.69, 9.17) is 22.7 Å². The molecule has 1 aromatic rings. The van der Waals surface area contributed by atoms with Crippen LogP contribution in [0.3, 0.4) is 0 Å². The highest BCUT2D eigenvalue weighted by Crippen LogP contribution is 2.27. The molecule has 2 rings (SSSR count). The van der Waals surface area contributed by atoms with Crippen LogP contribution >= 0.6 is 12.2 Å². The van der Waals surface area contributed by atoms with Crippen molar-refractivity contribution in [3.8, 4) is 5.75 Å². The van der Waals surface area contributed by atoms with Crippen molar-refractivity contribution in [3.63, 3.8) is 0 Å². The minimum Gasteiger partial charge on any atom is -0.497 e. The van der Waals surface area contributed by atoms with Crippen molar-refractivity contribution in [2.45, 2.75) is 31.7 Å². The van der Waals surface area contributed by atoms with Gasteiger partial charge in [-0.1, -0.05) is 37.2 Å². The fourth-order valence-corrected chi connectivity index (χ4v) is 3.01. The van der Waals surface area contributed by atoms with Gasteiger partial charge in [-0.05, 0) is 43.6 Å². The van der Waals surface area contributed by atoms with Gasteiger partial charge in [-0.3, -0.25) is 4.90 Å². The number of benzene rings is 1. The van der Waals surface area contributed by atoms with E-state index in [0.29, 0.717) is 4.99 Å². The predicted octanol–water partition coefficient (Wildman–Crippen LogP) is 2.90. The first kappa shape index (κ1) is 14.3. The second-order valence-corrected chi connectivity index (χ2v) is 5.50. The number of hydrogen-bond acceptors (Lipinski definition) is 3. The van der Waals surface area contributed by atoms with Gasteiger partial charge in [0.25, 0.3) is 0 Å². The molecule has 0 aromatic heterocycles. The third-order valence-corrected chi connectivity index (χ3v) is 3.91. The van der Waals surface area contributed by atoms with Crippen LogP contribution in [0.15, 0.2) is 24.3 Å². The average Bonchev–Trinajstić information content (AvgIpc) is 2.68. The summed E-state index contributed by atoms with van der Waals surface area (Å²) in [7, 11) is 1.68. The summed E-state index contributed by atoms with van der Waals surface area (Å²) < 4.78 is 5.29. The van der Waals surface area contributed by atoms with Crippen LogP contribution < -0.4 is 10.5 Å². The smallest absolute Gasteiger partial charge is 0.119 e. The molecular formula is C15H22N2OS. The maximum atomic E-state index is 5.99. The van der Waals surface area contributed by atoms with Crippen molar-refractivity contribution in [1.29, 1.82) is 0 Å². The van der Waals surface area contributed by atoms with Crippen LogP contribution in [-0.2, 0) is 0 Å². The zero-order valence-corrected chi connectivity index (χ0v) is 12.3. The zero-order chi connectivity index (χ0) is 13.7. The molecule has 1 atom stereocenters. The SMILES string of the molecule is COc1cccc(C(C(N)=S)N2CCCCCC2)c1. The monoisotopic (exact) mass is 278 g/mol. The Hall–Kier alpha value is -1.13. The lowest BCUT2D eigenvalue weighted by Crippen LogP contribution is -2.37. The summed E-state index contributed by atoms with van der Waals surface area (Å²) in [6.45, 7) is 2.14. The molecule has 4 heteroatoms. The van der Waals surface area contributed by atoms with Crippen molar-refractivity contribution in [1.82, 2.24) is 4.90 Å². The van der Waals surface area contributed by atoms with E-state index in [-0.39, 0.29) is 6.04 Å². The number of nitrogens with two attached hydrogens (primary N) is 1. The van der Waals surface area contributed by atoms with Crippen molar-refractivity contribution < 1.29 is 4.74 Å². The van der Waals surface area contributed by atoms with Gasteiger partial charge in [-0.15, -0.1) is 0 Å². The van der Waals surface area contributed by atoms with Crippen molar-refractivity contribution in [2.75, 3.05) is 20.2 Å². The molecule has 0 aliphatic carbocycles. The number of hydrogen-bond donors (Lipinski definition) is 1. The van der Waals surface area contributed by atoms with Crippen LogP contribution in [0.25, 0.3) is 0 Å². The lowest BCUT2D eigenvalue weighted by Gasteiger charge is -2.30. The molecule has 1 fully saturated rings. The van der Waals surface area contributed by atoms with E-state index in [1.54, 1.807) is 7.11 Å². The highest BCUT2D eigenvalue weighted by Gasteiger charge is 2.24. The molecule has 0 radical (unpaired) electrons. The van der Waals surface area contributed by atoms with Crippen LogP contribution in [0, 0.1) is 0 Å². The van der Waals surface area contributed by atoms with Crippen LogP contribution in [0.1, 0.15) is 37.3 Å². The molecule has 1 unspecified atom stereocenters. The van der Waals surface area contributed by atoms with Gasteiger partial charge in [-0.25, -0.2) is 0 Å². The van der Waals surface area contributed by atoms with Crippen LogP contribution in [-0.4, -0.2) is 30.1 Å². The minimum absolute atomic E-state index is 0.0307. The lowest BCUT2D eigenvalue weighted by molar-refractivity contribution is 0.254. The second kappa shape index (κ2) is 6.87. The van der Waals surface area contributed by atoms with Gasteiger partial charge in [0.15, 0.2) is 0 Å². The summed E-state index contributed by atoms with van der Waals surface area (Å²) in [5, 5.41) is 0. The maximum Gasteiger partial charge on any atom is 0.119 e. The summed E-state index contributed by atoms with van der Waals surface area (Å²) in [6, 6.07) is 8.09. The Bertz CT molecular complexity index is 428. The summed E-state index contributed by atoms with van der Waals surface area (Å²) in [5.41, 5.74) is 7.12. The first-order valence-corrected chi connectivity index (χ1v) is 7.30. The van der Waals surface area contributed by atoms with Gasteiger partial charge in [0, 0.05) is 0 Å². The molecule has 1 aromatic carbocycles. The molecule has 1 saturated heterocycles. The molecule has 1 aliphatic heterocycles. The topological polar surface area (TPSA) is 38.5 Å². The lowest BCUT2D eigenvalue weighted by atomic mass is 10.0. The van der Waals surface area contributed by atoms with E-state index in [2.05, 4.69) is 11.0 Å². The largest absolute Gasteiger partial charge is 0.497 e. The van der Waals surface area contributed by atoms with E-state index in [9.17, 15) is 0 Å². The van der Waals surface area contributed by atoms with Gasteiger partial charge >= 0.3 is 0 Å². The number of thiocarbonyl (C=S) groups is 1. The Morgan fingerprint density at radius 3 is 2.53 bits per heavy atom. The van der Waals surface area contributed by atoms with Crippen molar-refractivity contribution in [3.05, 3.63) is 29.8 Å². The van der Waals surface area contributed by atoms with Crippen molar-refractivity contribution in [2.24, 2.45) is 5.73 Å². The maximum absolute atomic E-state index is 5.99. The summed E-state index contributed by atoms with van der Waals surface area (Å²) in [4.78, 5) is 2.96. The third-order valence-electron chi connectivity index (χ3n) is 3.68. The van der Waals surface area contributed by atoms with E-state index >= 15 is 0 Å². The Morgan fingerprint density at radius 2 is 1.95 bits per heavy atom. The molecule has 2 N–H and O–H groups in total. The zero-order valence-electron chi connectivity index (χ0n) is 11.5. The molecule has 3 nitrogen and oxygen atoms in total. The quantitative estimate of drug-likeness (QED) is 0.860. The Kier molecular flexibility index (Phi) is 5.16. The summed E-state index contributed by atoms with van der Waals surface area (Å²) in [6.07, 6.45) is 5.06. The van der Waals surface area contributed by atoms with E-state index in [1.807, 2.05) is 18.2 Å². The van der Waals surface area contributed by atoms with Crippen molar-refractivity contribution >= 4 is 17.2 Å². The normalized spacial score (nSPS) is 18.6. The standard InChI is InChI=1S/C15H22N2OS/c1-18-13-8-6-7-12(11-13)14(15(16)19)17-9-4-2-3-5-10-17/h6-8,11,14H,2-5,9-10H2,1H3,(H2,16,19). The minimum atomic E-state index is 0.0307. The predicted molar refractivity (Wildman–Crippen MR) is 82.6 cm³/mol. The second-order valence-electron chi connectivity index (χ2n) is 5.03. The van der Waals surface area contributed by atoms with Gasteiger partial charge < -0.3 is 10.5 Å². The molecule has 19 heavy (non-hydrogen) atoms. The number of methoxy groups -OCH3 is 1. The number of likely N-dealkylation sites (tertiary alicyclic amines) is 1. The molecule has 1 heterocycles. The Balaban J connectivity index is 2.25. The summed E-state index contributed by atoms with van der Waals surface area (Å²) >= 11 is 5.30. The van der Waals surface area contributed by atoms with E-state index < -0.39 is 0 Å². The van der Waals surface area contributed by atoms with Gasteiger partial charge in [0.05, 0.1) is 18.1 Å². The van der Waals surface area contributed by atoms with Crippen LogP contribution in [0.4, 0.5) is 0 Å². The van der Waals surface area contributed by atoms with Gasteiger partial charge in [-0.2, -0.15) is 0 Å². The number of nitrogens with zero attached hydrogens (tertiary/aromatic N) is 1. The average molecular weight is 278 g/mol. The van der Waals surface area contributed by atoms with Gasteiger partial charge in [0.2, 0.25) is 0 Å². The molecule has 1 aliphatic rings. The fourth-order valence-electron chi connectivity index (χ4n) is 2.72. The molecule has 104 valence electrons. The van der Waals surface area contributed by atoms with Gasteiger partial charge in [0.1, 0.15) is 5.75 Å². The molecule has 0 bridgehead atoms. The highest BCUT2D eigenvalue weighted by atomic mass is 32.1.